The summed E-state index contributed by atoms with van der Waals surface area (Å²) in [6.45, 7) is 4.13. The quantitative estimate of drug-likeness (QED) is 0.893. The van der Waals surface area contributed by atoms with Crippen LogP contribution in [0.1, 0.15) is 32.9 Å². The van der Waals surface area contributed by atoms with Crippen molar-refractivity contribution in [3.05, 3.63) is 64.5 Å². The molecule has 0 saturated heterocycles. The minimum Gasteiger partial charge on any atom is -0.346 e. The fraction of sp³-hybridized carbons (Fsp3) is 0.250. The van der Waals surface area contributed by atoms with Crippen LogP contribution in [0.5, 0.6) is 0 Å². The van der Waals surface area contributed by atoms with Crippen molar-refractivity contribution in [1.82, 2.24) is 15.6 Å². The molecule has 2 N–H and O–H groups in total. The van der Waals surface area contributed by atoms with Gasteiger partial charge in [-0.15, -0.1) is 0 Å². The van der Waals surface area contributed by atoms with E-state index in [0.29, 0.717) is 12.1 Å². The number of hydrogen-bond acceptors (Lipinski definition) is 3. The zero-order valence-corrected chi connectivity index (χ0v) is 11.4. The largest absolute Gasteiger partial charge is 0.346 e. The van der Waals surface area contributed by atoms with Gasteiger partial charge < -0.3 is 10.6 Å². The van der Waals surface area contributed by atoms with Gasteiger partial charge in [0.05, 0.1) is 12.2 Å². The Hall–Kier alpha value is -2.20. The third-order valence-corrected chi connectivity index (χ3v) is 3.48. The molecule has 0 saturated carbocycles. The fourth-order valence-corrected chi connectivity index (χ4v) is 2.41. The van der Waals surface area contributed by atoms with E-state index < -0.39 is 0 Å². The number of carbonyl (C=O) groups excluding carboxylic acids is 1. The lowest BCUT2D eigenvalue weighted by Crippen LogP contribution is -2.23. The van der Waals surface area contributed by atoms with Crippen LogP contribution in [-0.2, 0) is 19.6 Å². The first-order valence-corrected chi connectivity index (χ1v) is 6.75. The number of aryl methyl sites for hydroxylation is 1. The van der Waals surface area contributed by atoms with E-state index in [9.17, 15) is 4.79 Å². The van der Waals surface area contributed by atoms with Crippen molar-refractivity contribution in [3.8, 4) is 0 Å². The molecule has 102 valence electrons. The third kappa shape index (κ3) is 2.70. The van der Waals surface area contributed by atoms with Gasteiger partial charge in [0.25, 0.3) is 5.91 Å². The Bertz CT molecular complexity index is 652. The fourth-order valence-electron chi connectivity index (χ4n) is 2.41. The van der Waals surface area contributed by atoms with Gasteiger partial charge in [0.1, 0.15) is 0 Å². The van der Waals surface area contributed by atoms with Crippen LogP contribution in [0.25, 0.3) is 0 Å². The molecule has 4 heteroatoms. The van der Waals surface area contributed by atoms with Crippen molar-refractivity contribution in [2.45, 2.75) is 26.6 Å². The van der Waals surface area contributed by atoms with E-state index in [2.05, 4.69) is 15.6 Å². The molecule has 1 aliphatic rings. The summed E-state index contributed by atoms with van der Waals surface area (Å²) >= 11 is 0. The molecule has 1 amide bonds. The van der Waals surface area contributed by atoms with Crippen molar-refractivity contribution in [1.29, 1.82) is 0 Å². The molecule has 0 aliphatic carbocycles. The van der Waals surface area contributed by atoms with E-state index in [-0.39, 0.29) is 5.91 Å². The van der Waals surface area contributed by atoms with E-state index in [0.717, 1.165) is 24.5 Å². The smallest absolute Gasteiger partial charge is 0.251 e. The summed E-state index contributed by atoms with van der Waals surface area (Å²) in [6.07, 6.45) is 0. The van der Waals surface area contributed by atoms with E-state index in [1.54, 1.807) is 0 Å². The van der Waals surface area contributed by atoms with Crippen molar-refractivity contribution >= 4 is 5.91 Å². The number of rotatable bonds is 3. The Balaban J connectivity index is 1.67. The Morgan fingerprint density at radius 3 is 2.95 bits per heavy atom. The van der Waals surface area contributed by atoms with Crippen LogP contribution < -0.4 is 10.6 Å². The van der Waals surface area contributed by atoms with Crippen LogP contribution in [-0.4, -0.2) is 10.9 Å². The molecule has 0 spiro atoms. The van der Waals surface area contributed by atoms with E-state index in [1.807, 2.05) is 43.3 Å². The molecule has 1 aromatic carbocycles. The molecule has 0 atom stereocenters. The predicted octanol–water partition coefficient (Wildman–Crippen LogP) is 1.92. The molecular formula is C16H17N3O. The number of nitrogens with one attached hydrogen (secondary N) is 2. The van der Waals surface area contributed by atoms with Crippen LogP contribution in [0, 0.1) is 6.92 Å². The molecular weight excluding hydrogens is 250 g/mol. The van der Waals surface area contributed by atoms with Gasteiger partial charge in [-0.2, -0.15) is 0 Å². The highest BCUT2D eigenvalue weighted by atomic mass is 16.1. The Kier molecular flexibility index (Phi) is 3.48. The highest BCUT2D eigenvalue weighted by molar-refractivity contribution is 5.94. The predicted molar refractivity (Wildman–Crippen MR) is 77.1 cm³/mol. The standard InChI is InChI=1S/C16H17N3O/c1-11-3-2-4-15(19-11)10-18-16(20)12-5-6-13-8-17-9-14(13)7-12/h2-7,17H,8-10H2,1H3,(H,18,20). The van der Waals surface area contributed by atoms with Crippen LogP contribution in [0.3, 0.4) is 0 Å². The van der Waals surface area contributed by atoms with Gasteiger partial charge >= 0.3 is 0 Å². The number of hydrogen-bond donors (Lipinski definition) is 2. The first-order valence-electron chi connectivity index (χ1n) is 6.75. The molecule has 3 rings (SSSR count). The molecule has 2 aromatic rings. The van der Waals surface area contributed by atoms with E-state index in [1.165, 1.54) is 11.1 Å². The zero-order valence-electron chi connectivity index (χ0n) is 11.4. The van der Waals surface area contributed by atoms with E-state index >= 15 is 0 Å². The molecule has 1 aliphatic heterocycles. The molecule has 20 heavy (non-hydrogen) atoms. The summed E-state index contributed by atoms with van der Waals surface area (Å²) in [4.78, 5) is 16.5. The SMILES string of the molecule is Cc1cccc(CNC(=O)c2ccc3c(c2)CNC3)n1. The average Bonchev–Trinajstić information content (AvgIpc) is 2.92. The van der Waals surface area contributed by atoms with Gasteiger partial charge in [0, 0.05) is 24.3 Å². The normalized spacial score (nSPS) is 13.1. The van der Waals surface area contributed by atoms with Gasteiger partial charge in [-0.1, -0.05) is 12.1 Å². The minimum absolute atomic E-state index is 0.0528. The Morgan fingerprint density at radius 1 is 1.25 bits per heavy atom. The molecule has 2 heterocycles. The lowest BCUT2D eigenvalue weighted by Gasteiger charge is -2.07. The zero-order chi connectivity index (χ0) is 13.9. The molecule has 0 fully saturated rings. The number of nitrogens with zero attached hydrogens (tertiary/aromatic N) is 1. The summed E-state index contributed by atoms with van der Waals surface area (Å²) in [6, 6.07) is 11.7. The minimum atomic E-state index is -0.0528. The number of pyridine rings is 1. The summed E-state index contributed by atoms with van der Waals surface area (Å²) in [7, 11) is 0. The first-order chi connectivity index (χ1) is 9.72. The molecule has 1 aromatic heterocycles. The monoisotopic (exact) mass is 267 g/mol. The van der Waals surface area contributed by atoms with Gasteiger partial charge in [0.15, 0.2) is 0 Å². The van der Waals surface area contributed by atoms with Crippen molar-refractivity contribution < 1.29 is 4.79 Å². The average molecular weight is 267 g/mol. The molecule has 0 radical (unpaired) electrons. The second kappa shape index (κ2) is 5.43. The summed E-state index contributed by atoms with van der Waals surface area (Å²) in [5.41, 5.74) is 5.04. The summed E-state index contributed by atoms with van der Waals surface area (Å²) < 4.78 is 0. The van der Waals surface area contributed by atoms with Gasteiger partial charge in [-0.05, 0) is 42.3 Å². The van der Waals surface area contributed by atoms with Crippen molar-refractivity contribution in [2.24, 2.45) is 0 Å². The Morgan fingerprint density at radius 2 is 2.10 bits per heavy atom. The first kappa shape index (κ1) is 12.8. The van der Waals surface area contributed by atoms with Gasteiger partial charge in [0.2, 0.25) is 0 Å². The number of amides is 1. The summed E-state index contributed by atoms with van der Waals surface area (Å²) in [5, 5.41) is 6.19. The van der Waals surface area contributed by atoms with Crippen LogP contribution in [0.4, 0.5) is 0 Å². The van der Waals surface area contributed by atoms with Gasteiger partial charge in [-0.3, -0.25) is 9.78 Å². The van der Waals surface area contributed by atoms with E-state index in [4.69, 9.17) is 0 Å². The third-order valence-electron chi connectivity index (χ3n) is 3.48. The lowest BCUT2D eigenvalue weighted by molar-refractivity contribution is 0.0950. The van der Waals surface area contributed by atoms with Crippen molar-refractivity contribution in [3.63, 3.8) is 0 Å². The Labute approximate surface area is 118 Å². The maximum Gasteiger partial charge on any atom is 0.251 e. The van der Waals surface area contributed by atoms with Crippen LogP contribution in [0.15, 0.2) is 36.4 Å². The molecule has 0 bridgehead atoms. The maximum atomic E-state index is 12.1. The second-order valence-corrected chi connectivity index (χ2v) is 5.04. The number of carbonyl (C=O) groups is 1. The number of benzene rings is 1. The van der Waals surface area contributed by atoms with Crippen molar-refractivity contribution in [2.75, 3.05) is 0 Å². The molecule has 0 unspecified atom stereocenters. The topological polar surface area (TPSA) is 54.0 Å². The second-order valence-electron chi connectivity index (χ2n) is 5.04. The summed E-state index contributed by atoms with van der Waals surface area (Å²) in [5.74, 6) is -0.0528. The highest BCUT2D eigenvalue weighted by Crippen LogP contribution is 2.17. The highest BCUT2D eigenvalue weighted by Gasteiger charge is 2.13. The van der Waals surface area contributed by atoms with Crippen LogP contribution >= 0.6 is 0 Å². The number of aromatic nitrogens is 1. The number of fused-ring (bicyclic) bond motifs is 1. The van der Waals surface area contributed by atoms with Crippen LogP contribution in [0.2, 0.25) is 0 Å². The van der Waals surface area contributed by atoms with Gasteiger partial charge in [-0.25, -0.2) is 0 Å². The maximum absolute atomic E-state index is 12.1. The molecule has 4 nitrogen and oxygen atoms in total. The lowest BCUT2D eigenvalue weighted by atomic mass is 10.1.